The Kier molecular flexibility index (Phi) is 4.48. The van der Waals surface area contributed by atoms with Crippen LogP contribution in [-0.4, -0.2) is 26.7 Å². The summed E-state index contributed by atoms with van der Waals surface area (Å²) in [5.74, 6) is 2.59. The number of para-hydroxylation sites is 2. The van der Waals surface area contributed by atoms with Crippen LogP contribution in [-0.2, 0) is 0 Å². The highest BCUT2D eigenvalue weighted by Gasteiger charge is 2.25. The van der Waals surface area contributed by atoms with Gasteiger partial charge in [-0.25, -0.2) is 4.98 Å². The van der Waals surface area contributed by atoms with E-state index in [1.54, 1.807) is 6.20 Å². The zero-order valence-electron chi connectivity index (χ0n) is 15.2. The molecule has 1 fully saturated rings. The Balaban J connectivity index is 1.37. The molecule has 0 saturated heterocycles. The molecule has 2 aromatic heterocycles. The number of halogens is 1. The van der Waals surface area contributed by atoms with Gasteiger partial charge in [-0.1, -0.05) is 18.2 Å². The zero-order valence-corrected chi connectivity index (χ0v) is 16.8. The number of hydrogen-bond donors (Lipinski definition) is 3. The van der Waals surface area contributed by atoms with E-state index in [-0.39, 0.29) is 0 Å². The number of nitrogens with zero attached hydrogens (tertiary/aromatic N) is 4. The summed E-state index contributed by atoms with van der Waals surface area (Å²) >= 11 is 3.52. The summed E-state index contributed by atoms with van der Waals surface area (Å²) < 4.78 is 0.782. The standard InChI is InChI=1S/C20H20BrN7/c21-14-12-22-20(23-15-5-1-2-6-17(15)28-9-3-4-10-28)25-19(14)24-18-11-16(26-27-18)13-7-8-13/h1-3,5-6,9,11-13H,4,7-8,10H2,(H3,22,23,24,25,26,27). The van der Waals surface area contributed by atoms with E-state index in [1.165, 1.54) is 18.5 Å². The average Bonchev–Trinajstić information content (AvgIpc) is 3.22. The molecule has 3 heterocycles. The van der Waals surface area contributed by atoms with Crippen LogP contribution in [0, 0.1) is 0 Å². The Morgan fingerprint density at radius 1 is 1.18 bits per heavy atom. The first-order chi connectivity index (χ1) is 13.8. The van der Waals surface area contributed by atoms with Gasteiger partial charge in [-0.15, -0.1) is 0 Å². The molecule has 28 heavy (non-hydrogen) atoms. The zero-order chi connectivity index (χ0) is 18.9. The van der Waals surface area contributed by atoms with Crippen LogP contribution in [0.1, 0.15) is 30.9 Å². The molecular weight excluding hydrogens is 418 g/mol. The monoisotopic (exact) mass is 437 g/mol. The largest absolute Gasteiger partial charge is 0.346 e. The summed E-state index contributed by atoms with van der Waals surface area (Å²) in [6.07, 6.45) is 9.56. The molecule has 2 aliphatic rings. The first-order valence-electron chi connectivity index (χ1n) is 9.40. The lowest BCUT2D eigenvalue weighted by Crippen LogP contribution is -2.14. The van der Waals surface area contributed by atoms with Gasteiger partial charge in [0, 0.05) is 36.6 Å². The van der Waals surface area contributed by atoms with Crippen molar-refractivity contribution in [1.82, 2.24) is 20.2 Å². The van der Waals surface area contributed by atoms with Crippen molar-refractivity contribution in [3.05, 3.63) is 59.0 Å². The van der Waals surface area contributed by atoms with Crippen molar-refractivity contribution < 1.29 is 0 Å². The SMILES string of the molecule is Brc1cnc(Nc2ccccc2N2C=CCC2)nc1Nc1cc(C2CC2)[nH]n1. The fourth-order valence-electron chi connectivity index (χ4n) is 3.28. The Morgan fingerprint density at radius 2 is 2.07 bits per heavy atom. The topological polar surface area (TPSA) is 81.8 Å². The van der Waals surface area contributed by atoms with Crippen LogP contribution in [0.3, 0.4) is 0 Å². The van der Waals surface area contributed by atoms with E-state index in [4.69, 9.17) is 0 Å². The minimum atomic E-state index is 0.527. The number of anilines is 5. The molecule has 3 N–H and O–H groups in total. The average molecular weight is 438 g/mol. The maximum absolute atomic E-state index is 4.63. The third kappa shape index (κ3) is 3.60. The predicted molar refractivity (Wildman–Crippen MR) is 114 cm³/mol. The van der Waals surface area contributed by atoms with Crippen LogP contribution in [0.15, 0.2) is 53.3 Å². The Bertz CT molecular complexity index is 1020. The molecule has 5 rings (SSSR count). The van der Waals surface area contributed by atoms with Gasteiger partial charge in [-0.2, -0.15) is 10.1 Å². The van der Waals surface area contributed by atoms with Gasteiger partial charge in [0.25, 0.3) is 0 Å². The minimum Gasteiger partial charge on any atom is -0.346 e. The molecule has 1 aliphatic carbocycles. The van der Waals surface area contributed by atoms with E-state index in [2.05, 4.69) is 70.0 Å². The molecule has 1 aromatic carbocycles. The summed E-state index contributed by atoms with van der Waals surface area (Å²) in [7, 11) is 0. The van der Waals surface area contributed by atoms with E-state index in [1.807, 2.05) is 24.3 Å². The molecule has 1 saturated carbocycles. The summed E-state index contributed by atoms with van der Waals surface area (Å²) in [4.78, 5) is 11.3. The number of rotatable bonds is 6. The van der Waals surface area contributed by atoms with Gasteiger partial charge in [0.2, 0.25) is 5.95 Å². The number of benzene rings is 1. The number of aromatic amines is 1. The maximum Gasteiger partial charge on any atom is 0.229 e. The molecular formula is C20H20BrN7. The van der Waals surface area contributed by atoms with E-state index >= 15 is 0 Å². The first kappa shape index (κ1) is 17.2. The van der Waals surface area contributed by atoms with Crippen LogP contribution in [0.2, 0.25) is 0 Å². The van der Waals surface area contributed by atoms with Gasteiger partial charge in [-0.3, -0.25) is 5.10 Å². The van der Waals surface area contributed by atoms with E-state index in [0.29, 0.717) is 17.7 Å². The predicted octanol–water partition coefficient (Wildman–Crippen LogP) is 5.05. The number of hydrogen-bond acceptors (Lipinski definition) is 6. The van der Waals surface area contributed by atoms with Crippen molar-refractivity contribution in [2.75, 3.05) is 22.1 Å². The molecule has 1 aliphatic heterocycles. The van der Waals surface area contributed by atoms with Gasteiger partial charge in [-0.05, 0) is 47.3 Å². The fraction of sp³-hybridized carbons (Fsp3) is 0.250. The lowest BCUT2D eigenvalue weighted by Gasteiger charge is -2.20. The van der Waals surface area contributed by atoms with Crippen molar-refractivity contribution in [3.8, 4) is 0 Å². The lowest BCUT2D eigenvalue weighted by molar-refractivity contribution is 0.966. The molecule has 142 valence electrons. The number of aromatic nitrogens is 4. The van der Waals surface area contributed by atoms with E-state index < -0.39 is 0 Å². The summed E-state index contributed by atoms with van der Waals surface area (Å²) in [5, 5.41) is 14.1. The Hall–Kier alpha value is -2.87. The third-order valence-corrected chi connectivity index (χ3v) is 5.47. The molecule has 8 heteroatoms. The number of H-pyrrole nitrogens is 1. The quantitative estimate of drug-likeness (QED) is 0.500. The van der Waals surface area contributed by atoms with Gasteiger partial charge in [0.15, 0.2) is 11.6 Å². The van der Waals surface area contributed by atoms with Gasteiger partial charge in [0.05, 0.1) is 15.8 Å². The molecule has 3 aromatic rings. The lowest BCUT2D eigenvalue weighted by atomic mass is 10.2. The van der Waals surface area contributed by atoms with Crippen LogP contribution in [0.5, 0.6) is 0 Å². The van der Waals surface area contributed by atoms with Crippen molar-refractivity contribution >= 4 is 44.9 Å². The summed E-state index contributed by atoms with van der Waals surface area (Å²) in [6, 6.07) is 10.2. The smallest absolute Gasteiger partial charge is 0.229 e. The highest BCUT2D eigenvalue weighted by molar-refractivity contribution is 9.10. The molecule has 0 amide bonds. The molecule has 0 spiro atoms. The minimum absolute atomic E-state index is 0.527. The second-order valence-electron chi connectivity index (χ2n) is 7.01. The molecule has 0 atom stereocenters. The van der Waals surface area contributed by atoms with Crippen LogP contribution in [0.4, 0.5) is 29.0 Å². The van der Waals surface area contributed by atoms with E-state index in [0.717, 1.165) is 34.6 Å². The highest BCUT2D eigenvalue weighted by atomic mass is 79.9. The fourth-order valence-corrected chi connectivity index (χ4v) is 3.57. The van der Waals surface area contributed by atoms with E-state index in [9.17, 15) is 0 Å². The Morgan fingerprint density at radius 3 is 2.89 bits per heavy atom. The highest BCUT2D eigenvalue weighted by Crippen LogP contribution is 2.40. The van der Waals surface area contributed by atoms with Gasteiger partial charge >= 0.3 is 0 Å². The number of nitrogens with one attached hydrogen (secondary N) is 3. The van der Waals surface area contributed by atoms with Crippen molar-refractivity contribution in [2.24, 2.45) is 0 Å². The van der Waals surface area contributed by atoms with Crippen molar-refractivity contribution in [1.29, 1.82) is 0 Å². The first-order valence-corrected chi connectivity index (χ1v) is 10.2. The van der Waals surface area contributed by atoms with Crippen molar-refractivity contribution in [2.45, 2.75) is 25.2 Å². The van der Waals surface area contributed by atoms with Crippen LogP contribution in [0.25, 0.3) is 0 Å². The molecule has 0 unspecified atom stereocenters. The molecule has 0 radical (unpaired) electrons. The second-order valence-corrected chi connectivity index (χ2v) is 7.86. The molecule has 0 bridgehead atoms. The maximum atomic E-state index is 4.63. The van der Waals surface area contributed by atoms with Gasteiger partial charge in [0.1, 0.15) is 0 Å². The Labute approximate surface area is 171 Å². The summed E-state index contributed by atoms with van der Waals surface area (Å²) in [5.41, 5.74) is 3.26. The van der Waals surface area contributed by atoms with Gasteiger partial charge < -0.3 is 15.5 Å². The normalized spacial score (nSPS) is 15.8. The summed E-state index contributed by atoms with van der Waals surface area (Å²) in [6.45, 7) is 0.981. The van der Waals surface area contributed by atoms with Crippen LogP contribution >= 0.6 is 15.9 Å². The third-order valence-electron chi connectivity index (χ3n) is 4.89. The molecule has 7 nitrogen and oxygen atoms in total. The van der Waals surface area contributed by atoms with Crippen molar-refractivity contribution in [3.63, 3.8) is 0 Å². The second kappa shape index (κ2) is 7.27. The van der Waals surface area contributed by atoms with Crippen LogP contribution < -0.4 is 15.5 Å².